The predicted octanol–water partition coefficient (Wildman–Crippen LogP) is 4.16. The van der Waals surface area contributed by atoms with Crippen molar-refractivity contribution in [3.63, 3.8) is 0 Å². The Morgan fingerprint density at radius 2 is 1.77 bits per heavy atom. The molecule has 2 aliphatic heterocycles. The number of amides is 1. The molecule has 2 fully saturated rings. The van der Waals surface area contributed by atoms with Crippen LogP contribution in [0.15, 0.2) is 42.5 Å². The van der Waals surface area contributed by atoms with Crippen LogP contribution in [0.2, 0.25) is 5.02 Å². The van der Waals surface area contributed by atoms with Gasteiger partial charge in [0.25, 0.3) is 5.91 Å². The van der Waals surface area contributed by atoms with Crippen molar-refractivity contribution in [3.05, 3.63) is 58.9 Å². The number of hydrogen-bond donors (Lipinski definition) is 1. The molecular weight excluding hydrogens is 413 g/mol. The van der Waals surface area contributed by atoms with Gasteiger partial charge in [-0.2, -0.15) is 0 Å². The minimum atomic E-state index is -1.17. The third-order valence-corrected chi connectivity index (χ3v) is 5.85. The molecule has 0 aliphatic carbocycles. The van der Waals surface area contributed by atoms with Crippen LogP contribution in [0.1, 0.15) is 36.0 Å². The number of rotatable bonds is 6. The minimum Gasteiger partial charge on any atom is -0.490 e. The van der Waals surface area contributed by atoms with E-state index in [2.05, 4.69) is 0 Å². The number of carboxylic acids is 1. The first kappa shape index (κ1) is 20.5. The topological polar surface area (TPSA) is 76.1 Å². The zero-order chi connectivity index (χ0) is 21.3. The number of carbonyl (C=O) groups excluding carboxylic acids is 1. The van der Waals surface area contributed by atoms with E-state index in [1.165, 1.54) is 30.3 Å². The molecule has 30 heavy (non-hydrogen) atoms. The van der Waals surface area contributed by atoms with Crippen LogP contribution in [0, 0.1) is 5.82 Å². The maximum absolute atomic E-state index is 13.1. The van der Waals surface area contributed by atoms with E-state index in [0.29, 0.717) is 18.6 Å². The number of ether oxygens (including phenoxy) is 2. The van der Waals surface area contributed by atoms with Gasteiger partial charge in [-0.3, -0.25) is 4.79 Å². The summed E-state index contributed by atoms with van der Waals surface area (Å²) in [6.45, 7) is -0.238. The molecular formula is C22H21ClFNO5. The molecule has 6 nitrogen and oxygen atoms in total. The van der Waals surface area contributed by atoms with Crippen molar-refractivity contribution in [2.45, 2.75) is 43.9 Å². The van der Waals surface area contributed by atoms with Crippen LogP contribution in [0.4, 0.5) is 4.39 Å². The average Bonchev–Trinajstić information content (AvgIpc) is 2.99. The fourth-order valence-electron chi connectivity index (χ4n) is 4.35. The Balaban J connectivity index is 1.37. The van der Waals surface area contributed by atoms with Gasteiger partial charge in [0, 0.05) is 29.9 Å². The smallest absolute Gasteiger partial charge is 0.339 e. The zero-order valence-electron chi connectivity index (χ0n) is 16.1. The van der Waals surface area contributed by atoms with Crippen molar-refractivity contribution in [1.82, 2.24) is 4.90 Å². The van der Waals surface area contributed by atoms with Crippen molar-refractivity contribution in [2.75, 3.05) is 6.61 Å². The van der Waals surface area contributed by atoms with Crippen molar-refractivity contribution in [3.8, 4) is 11.5 Å². The van der Waals surface area contributed by atoms with Crippen LogP contribution < -0.4 is 9.47 Å². The van der Waals surface area contributed by atoms with Crippen molar-refractivity contribution in [2.24, 2.45) is 0 Å². The molecule has 8 heteroatoms. The normalized spacial score (nSPS) is 22.6. The molecule has 2 unspecified atom stereocenters. The van der Waals surface area contributed by atoms with Crippen molar-refractivity contribution >= 4 is 23.5 Å². The Hall–Kier alpha value is -2.80. The SMILES string of the molecule is O=C(O)c1cc(Cl)ccc1OCC(=O)N1C2CCC1CC(Oc1ccc(F)cc1)C2. The summed E-state index contributed by atoms with van der Waals surface area (Å²) in [5.41, 5.74) is -0.0790. The lowest BCUT2D eigenvalue weighted by atomic mass is 9.99. The number of carboxylic acid groups (broad SMARTS) is 1. The lowest BCUT2D eigenvalue weighted by molar-refractivity contribution is -0.139. The van der Waals surface area contributed by atoms with Gasteiger partial charge in [-0.05, 0) is 55.3 Å². The molecule has 2 bridgehead atoms. The highest BCUT2D eigenvalue weighted by Gasteiger charge is 2.44. The molecule has 2 atom stereocenters. The van der Waals surface area contributed by atoms with E-state index in [1.54, 1.807) is 12.1 Å². The Morgan fingerprint density at radius 1 is 1.10 bits per heavy atom. The van der Waals surface area contributed by atoms with E-state index in [-0.39, 0.29) is 52.9 Å². The van der Waals surface area contributed by atoms with Crippen molar-refractivity contribution < 1.29 is 28.6 Å². The van der Waals surface area contributed by atoms with Gasteiger partial charge in [-0.15, -0.1) is 0 Å². The Kier molecular flexibility index (Phi) is 5.81. The summed E-state index contributed by atoms with van der Waals surface area (Å²) < 4.78 is 24.6. The second-order valence-corrected chi connectivity index (χ2v) is 8.02. The molecule has 0 aromatic heterocycles. The minimum absolute atomic E-state index is 0.0344. The summed E-state index contributed by atoms with van der Waals surface area (Å²) in [4.78, 5) is 26.0. The quantitative estimate of drug-likeness (QED) is 0.740. The number of carbonyl (C=O) groups is 2. The summed E-state index contributed by atoms with van der Waals surface area (Å²) in [5, 5.41) is 9.58. The second-order valence-electron chi connectivity index (χ2n) is 7.59. The maximum Gasteiger partial charge on any atom is 0.339 e. The summed E-state index contributed by atoms with van der Waals surface area (Å²) in [6, 6.07) is 10.3. The number of benzene rings is 2. The number of halogens is 2. The van der Waals surface area contributed by atoms with E-state index >= 15 is 0 Å². The van der Waals surface area contributed by atoms with Crippen LogP contribution in [0.5, 0.6) is 11.5 Å². The maximum atomic E-state index is 13.1. The van der Waals surface area contributed by atoms with Gasteiger partial charge in [0.2, 0.25) is 0 Å². The third-order valence-electron chi connectivity index (χ3n) is 5.62. The van der Waals surface area contributed by atoms with E-state index in [0.717, 1.165) is 12.8 Å². The molecule has 0 spiro atoms. The fourth-order valence-corrected chi connectivity index (χ4v) is 4.52. The standard InChI is InChI=1S/C22H21ClFNO5/c23-13-1-8-20(19(9-13)22(27)28)29-12-21(26)25-15-4-5-16(25)11-18(10-15)30-17-6-2-14(24)3-7-17/h1-3,6-9,15-16,18H,4-5,10-12H2,(H,27,28). The van der Waals surface area contributed by atoms with Gasteiger partial charge in [0.05, 0.1) is 0 Å². The Bertz CT molecular complexity index is 937. The highest BCUT2D eigenvalue weighted by atomic mass is 35.5. The molecule has 2 aromatic rings. The highest BCUT2D eigenvalue weighted by Crippen LogP contribution is 2.37. The van der Waals surface area contributed by atoms with Crippen LogP contribution in [0.3, 0.4) is 0 Å². The number of aromatic carboxylic acids is 1. The van der Waals surface area contributed by atoms with Crippen LogP contribution in [0.25, 0.3) is 0 Å². The van der Waals surface area contributed by atoms with Crippen LogP contribution in [-0.4, -0.2) is 46.7 Å². The molecule has 1 amide bonds. The number of piperidine rings is 1. The van der Waals surface area contributed by atoms with Gasteiger partial charge in [-0.25, -0.2) is 9.18 Å². The first-order valence-electron chi connectivity index (χ1n) is 9.79. The van der Waals surface area contributed by atoms with Gasteiger partial charge < -0.3 is 19.5 Å². The first-order valence-corrected chi connectivity index (χ1v) is 10.2. The summed E-state index contributed by atoms with van der Waals surface area (Å²) in [6.07, 6.45) is 3.14. The summed E-state index contributed by atoms with van der Waals surface area (Å²) in [5.74, 6) is -0.919. The molecule has 158 valence electrons. The lowest BCUT2D eigenvalue weighted by Crippen LogP contribution is -2.50. The summed E-state index contributed by atoms with van der Waals surface area (Å²) >= 11 is 5.85. The molecule has 4 rings (SSSR count). The highest BCUT2D eigenvalue weighted by molar-refractivity contribution is 6.31. The number of nitrogens with zero attached hydrogens (tertiary/aromatic N) is 1. The van der Waals surface area contributed by atoms with Crippen molar-refractivity contribution in [1.29, 1.82) is 0 Å². The number of hydrogen-bond acceptors (Lipinski definition) is 4. The predicted molar refractivity (Wildman–Crippen MR) is 108 cm³/mol. The Labute approximate surface area is 178 Å². The molecule has 2 saturated heterocycles. The van der Waals surface area contributed by atoms with E-state index < -0.39 is 5.97 Å². The monoisotopic (exact) mass is 433 g/mol. The number of fused-ring (bicyclic) bond motifs is 2. The molecule has 1 N–H and O–H groups in total. The molecule has 2 aromatic carbocycles. The van der Waals surface area contributed by atoms with Gasteiger partial charge in [0.15, 0.2) is 6.61 Å². The van der Waals surface area contributed by atoms with Gasteiger partial charge >= 0.3 is 5.97 Å². The average molecular weight is 434 g/mol. The van der Waals surface area contributed by atoms with Crippen LogP contribution in [-0.2, 0) is 4.79 Å². The lowest BCUT2D eigenvalue weighted by Gasteiger charge is -2.38. The zero-order valence-corrected chi connectivity index (χ0v) is 16.8. The Morgan fingerprint density at radius 3 is 2.40 bits per heavy atom. The molecule has 2 aliphatic rings. The summed E-state index contributed by atoms with van der Waals surface area (Å²) in [7, 11) is 0. The molecule has 0 saturated carbocycles. The van der Waals surface area contributed by atoms with Gasteiger partial charge in [0.1, 0.15) is 29.0 Å². The van der Waals surface area contributed by atoms with E-state index in [9.17, 15) is 19.1 Å². The fraction of sp³-hybridized carbons (Fsp3) is 0.364. The molecule has 0 radical (unpaired) electrons. The first-order chi connectivity index (χ1) is 14.4. The van der Waals surface area contributed by atoms with E-state index in [4.69, 9.17) is 21.1 Å². The third kappa shape index (κ3) is 4.36. The second kappa shape index (κ2) is 8.52. The van der Waals surface area contributed by atoms with Crippen LogP contribution >= 0.6 is 11.6 Å². The largest absolute Gasteiger partial charge is 0.490 e. The van der Waals surface area contributed by atoms with E-state index in [1.807, 2.05) is 4.90 Å². The van der Waals surface area contributed by atoms with Gasteiger partial charge in [-0.1, -0.05) is 11.6 Å². The molecule has 2 heterocycles.